The van der Waals surface area contributed by atoms with Gasteiger partial charge in [-0.3, -0.25) is 9.59 Å². The number of carbonyl (C=O) groups excluding carboxylic acids is 3. The molecule has 0 radical (unpaired) electrons. The first-order valence-corrected chi connectivity index (χ1v) is 6.64. The first kappa shape index (κ1) is 16.6. The summed E-state index contributed by atoms with van der Waals surface area (Å²) in [5, 5.41) is 14.8. The molecule has 2 rings (SSSR count). The minimum Gasteiger partial charge on any atom is -0.392 e. The van der Waals surface area contributed by atoms with E-state index < -0.39 is 29.4 Å². The zero-order chi connectivity index (χ0) is 15.2. The quantitative estimate of drug-likeness (QED) is 0.455. The molecule has 1 aliphatic heterocycles. The minimum absolute atomic E-state index is 0.359. The molecule has 1 heterocycles. The summed E-state index contributed by atoms with van der Waals surface area (Å²) >= 11 is 0. The number of methoxy groups -OCH3 is 1. The van der Waals surface area contributed by atoms with Crippen LogP contribution in [0.2, 0.25) is 0 Å². The predicted octanol–water partition coefficient (Wildman–Crippen LogP) is -1.02. The molecule has 1 saturated carbocycles. The molecule has 7 heteroatoms. The van der Waals surface area contributed by atoms with E-state index in [9.17, 15) is 19.5 Å². The first-order chi connectivity index (χ1) is 9.49. The van der Waals surface area contributed by atoms with Crippen molar-refractivity contribution in [1.29, 1.82) is 0 Å². The standard InChI is InChI=1S/C11H16N2O4.C2H6O/c14-6-11(3-1-4-11)13-10(17)8-7(15)2-5-12-9(8)16;1-3-2/h6-8,15H,1-5H2,(H,12,16)(H,13,17);1-2H3. The minimum atomic E-state index is -1.10. The number of amides is 2. The van der Waals surface area contributed by atoms with Crippen LogP contribution in [0.3, 0.4) is 0 Å². The molecule has 1 saturated heterocycles. The van der Waals surface area contributed by atoms with E-state index in [4.69, 9.17) is 0 Å². The molecule has 2 aliphatic rings. The van der Waals surface area contributed by atoms with E-state index in [1.165, 1.54) is 0 Å². The topological polar surface area (TPSA) is 105 Å². The monoisotopic (exact) mass is 286 g/mol. The second-order valence-electron chi connectivity index (χ2n) is 5.15. The van der Waals surface area contributed by atoms with Gasteiger partial charge in [0.2, 0.25) is 11.8 Å². The van der Waals surface area contributed by atoms with Gasteiger partial charge in [-0.05, 0) is 25.7 Å². The molecule has 3 N–H and O–H groups in total. The van der Waals surface area contributed by atoms with Crippen molar-refractivity contribution >= 4 is 18.1 Å². The van der Waals surface area contributed by atoms with Crippen LogP contribution in [0.5, 0.6) is 0 Å². The molecule has 114 valence electrons. The van der Waals surface area contributed by atoms with Gasteiger partial charge in [0.1, 0.15) is 12.2 Å². The molecule has 0 aromatic rings. The molecular weight excluding hydrogens is 264 g/mol. The number of ether oxygens (including phenoxy) is 1. The Bertz CT molecular complexity index is 368. The molecule has 0 aromatic heterocycles. The first-order valence-electron chi connectivity index (χ1n) is 6.64. The normalized spacial score (nSPS) is 27.2. The largest absolute Gasteiger partial charge is 0.392 e. The predicted molar refractivity (Wildman–Crippen MR) is 70.8 cm³/mol. The number of rotatable bonds is 3. The molecule has 2 atom stereocenters. The third-order valence-electron chi connectivity index (χ3n) is 3.53. The summed E-state index contributed by atoms with van der Waals surface area (Å²) < 4.78 is 4.25. The second kappa shape index (κ2) is 7.35. The number of aliphatic hydroxyl groups excluding tert-OH is 1. The summed E-state index contributed by atoms with van der Waals surface area (Å²) in [5.74, 6) is -2.12. The van der Waals surface area contributed by atoms with Crippen molar-refractivity contribution in [2.24, 2.45) is 5.92 Å². The van der Waals surface area contributed by atoms with Crippen LogP contribution < -0.4 is 10.6 Å². The van der Waals surface area contributed by atoms with Gasteiger partial charge in [0.25, 0.3) is 0 Å². The molecular formula is C13H22N2O5. The van der Waals surface area contributed by atoms with Crippen molar-refractivity contribution in [3.8, 4) is 0 Å². The summed E-state index contributed by atoms with van der Waals surface area (Å²) in [6.07, 6.45) is 2.21. The summed E-state index contributed by atoms with van der Waals surface area (Å²) in [7, 11) is 3.25. The highest BCUT2D eigenvalue weighted by molar-refractivity contribution is 6.02. The van der Waals surface area contributed by atoms with Crippen LogP contribution in [-0.4, -0.2) is 55.6 Å². The Morgan fingerprint density at radius 2 is 2.10 bits per heavy atom. The average Bonchev–Trinajstić information content (AvgIpc) is 2.34. The lowest BCUT2D eigenvalue weighted by Crippen LogP contribution is -2.60. The fourth-order valence-corrected chi connectivity index (χ4v) is 2.24. The van der Waals surface area contributed by atoms with Crippen LogP contribution in [0.4, 0.5) is 0 Å². The Kier molecular flexibility index (Phi) is 6.09. The number of carbonyl (C=O) groups is 3. The molecule has 20 heavy (non-hydrogen) atoms. The Balaban J connectivity index is 0.000000612. The number of aldehydes is 1. The lowest BCUT2D eigenvalue weighted by atomic mass is 9.77. The Morgan fingerprint density at radius 1 is 1.50 bits per heavy atom. The van der Waals surface area contributed by atoms with Crippen molar-refractivity contribution in [1.82, 2.24) is 10.6 Å². The van der Waals surface area contributed by atoms with Gasteiger partial charge < -0.3 is 25.3 Å². The van der Waals surface area contributed by atoms with Crippen LogP contribution in [-0.2, 0) is 19.1 Å². The van der Waals surface area contributed by atoms with Crippen molar-refractivity contribution in [3.05, 3.63) is 0 Å². The van der Waals surface area contributed by atoms with E-state index >= 15 is 0 Å². The number of aliphatic hydroxyl groups is 1. The van der Waals surface area contributed by atoms with Crippen LogP contribution in [0.15, 0.2) is 0 Å². The van der Waals surface area contributed by atoms with E-state index in [2.05, 4.69) is 15.4 Å². The fourth-order valence-electron chi connectivity index (χ4n) is 2.24. The summed E-state index contributed by atoms with van der Waals surface area (Å²) in [6.45, 7) is 0.378. The van der Waals surface area contributed by atoms with Gasteiger partial charge in [-0.1, -0.05) is 0 Å². The van der Waals surface area contributed by atoms with E-state index in [-0.39, 0.29) is 0 Å². The van der Waals surface area contributed by atoms with Crippen molar-refractivity contribution in [2.75, 3.05) is 20.8 Å². The zero-order valence-electron chi connectivity index (χ0n) is 11.8. The van der Waals surface area contributed by atoms with E-state index in [0.29, 0.717) is 25.8 Å². The van der Waals surface area contributed by atoms with Gasteiger partial charge in [0, 0.05) is 20.8 Å². The average molecular weight is 286 g/mol. The maximum atomic E-state index is 11.9. The van der Waals surface area contributed by atoms with Gasteiger partial charge >= 0.3 is 0 Å². The lowest BCUT2D eigenvalue weighted by Gasteiger charge is -2.39. The third kappa shape index (κ3) is 3.77. The molecule has 0 spiro atoms. The molecule has 0 aromatic carbocycles. The summed E-state index contributed by atoms with van der Waals surface area (Å²) in [4.78, 5) is 34.3. The summed E-state index contributed by atoms with van der Waals surface area (Å²) in [5.41, 5.74) is -0.811. The van der Waals surface area contributed by atoms with Gasteiger partial charge in [-0.25, -0.2) is 0 Å². The van der Waals surface area contributed by atoms with Crippen molar-refractivity contribution in [2.45, 2.75) is 37.3 Å². The Labute approximate surface area is 118 Å². The third-order valence-corrected chi connectivity index (χ3v) is 3.53. The molecule has 1 aliphatic carbocycles. The Morgan fingerprint density at radius 3 is 2.50 bits per heavy atom. The fraction of sp³-hybridized carbons (Fsp3) is 0.769. The van der Waals surface area contributed by atoms with E-state index in [0.717, 1.165) is 12.7 Å². The molecule has 7 nitrogen and oxygen atoms in total. The Hall–Kier alpha value is -1.47. The van der Waals surface area contributed by atoms with E-state index in [1.807, 2.05) is 0 Å². The maximum Gasteiger partial charge on any atom is 0.236 e. The maximum absolute atomic E-state index is 11.9. The highest BCUT2D eigenvalue weighted by Gasteiger charge is 2.43. The number of hydrogen-bond acceptors (Lipinski definition) is 5. The lowest BCUT2D eigenvalue weighted by molar-refractivity contribution is -0.145. The van der Waals surface area contributed by atoms with Gasteiger partial charge in [-0.15, -0.1) is 0 Å². The van der Waals surface area contributed by atoms with Crippen LogP contribution in [0.1, 0.15) is 25.7 Å². The molecule has 2 fully saturated rings. The van der Waals surface area contributed by atoms with Crippen molar-refractivity contribution < 1.29 is 24.2 Å². The van der Waals surface area contributed by atoms with Crippen molar-refractivity contribution in [3.63, 3.8) is 0 Å². The van der Waals surface area contributed by atoms with Crippen LogP contribution >= 0.6 is 0 Å². The molecule has 0 bridgehead atoms. The number of piperidine rings is 1. The SMILES string of the molecule is COC.O=CC1(NC(=O)C2C(=O)NCCC2O)CCC1. The molecule has 2 amide bonds. The van der Waals surface area contributed by atoms with Gasteiger partial charge in [0.15, 0.2) is 0 Å². The zero-order valence-corrected chi connectivity index (χ0v) is 11.8. The molecule has 2 unspecified atom stereocenters. The summed E-state index contributed by atoms with van der Waals surface area (Å²) in [6, 6.07) is 0. The highest BCUT2D eigenvalue weighted by Crippen LogP contribution is 2.30. The van der Waals surface area contributed by atoms with Gasteiger partial charge in [-0.2, -0.15) is 0 Å². The van der Waals surface area contributed by atoms with Crippen LogP contribution in [0.25, 0.3) is 0 Å². The highest BCUT2D eigenvalue weighted by atomic mass is 16.4. The van der Waals surface area contributed by atoms with Gasteiger partial charge in [0.05, 0.1) is 11.6 Å². The van der Waals surface area contributed by atoms with Crippen LogP contribution in [0, 0.1) is 5.92 Å². The van der Waals surface area contributed by atoms with E-state index in [1.54, 1.807) is 14.2 Å². The number of hydrogen-bond donors (Lipinski definition) is 3. The smallest absolute Gasteiger partial charge is 0.236 e. The number of nitrogens with one attached hydrogen (secondary N) is 2. The second-order valence-corrected chi connectivity index (χ2v) is 5.15.